The molecule has 1 N–H and O–H groups in total. The largest absolute Gasteiger partial charge is 0.495 e. The molecule has 1 aliphatic rings. The first-order valence-corrected chi connectivity index (χ1v) is 11.3. The lowest BCUT2D eigenvalue weighted by atomic mass is 10.2. The van der Waals surface area contributed by atoms with Crippen LogP contribution in [0.1, 0.15) is 16.5 Å². The molecular formula is C22H30IN7OS. The van der Waals surface area contributed by atoms with Crippen molar-refractivity contribution in [3.05, 3.63) is 58.3 Å². The Morgan fingerprint density at radius 1 is 1.12 bits per heavy atom. The minimum absolute atomic E-state index is 0. The molecule has 0 amide bonds. The number of aromatic nitrogens is 3. The third-order valence-electron chi connectivity index (χ3n) is 5.56. The smallest absolute Gasteiger partial charge is 0.194 e. The van der Waals surface area contributed by atoms with Crippen molar-refractivity contribution in [1.82, 2.24) is 25.0 Å². The summed E-state index contributed by atoms with van der Waals surface area (Å²) in [5.74, 6) is 3.58. The molecule has 3 aromatic rings. The van der Waals surface area contributed by atoms with E-state index in [1.54, 1.807) is 18.4 Å². The second-order valence-electron chi connectivity index (χ2n) is 7.44. The molecule has 0 spiro atoms. The van der Waals surface area contributed by atoms with Crippen LogP contribution in [0.5, 0.6) is 5.75 Å². The number of guanidine groups is 1. The minimum atomic E-state index is 0. The Hall–Kier alpha value is -2.34. The summed E-state index contributed by atoms with van der Waals surface area (Å²) in [4.78, 5) is 10.9. The molecule has 1 fully saturated rings. The fraction of sp³-hybridized carbons (Fsp3) is 0.409. The van der Waals surface area contributed by atoms with Crippen molar-refractivity contribution in [2.75, 3.05) is 38.2 Å². The SMILES string of the molecule is COc1ccccc1N1CCN(C(=NCc2nnc(C)n2C)NCc2cccs2)CC1.I. The predicted octanol–water partition coefficient (Wildman–Crippen LogP) is 3.28. The maximum Gasteiger partial charge on any atom is 0.194 e. The van der Waals surface area contributed by atoms with Crippen LogP contribution in [0.2, 0.25) is 0 Å². The van der Waals surface area contributed by atoms with Gasteiger partial charge < -0.3 is 24.4 Å². The molecule has 8 nitrogen and oxygen atoms in total. The van der Waals surface area contributed by atoms with Crippen molar-refractivity contribution in [2.24, 2.45) is 12.0 Å². The molecule has 0 unspecified atom stereocenters. The Labute approximate surface area is 210 Å². The van der Waals surface area contributed by atoms with Crippen LogP contribution < -0.4 is 15.0 Å². The second kappa shape index (κ2) is 11.5. The molecule has 0 aliphatic carbocycles. The van der Waals surface area contributed by atoms with Crippen molar-refractivity contribution in [2.45, 2.75) is 20.0 Å². The van der Waals surface area contributed by atoms with E-state index in [0.29, 0.717) is 6.54 Å². The number of thiophene rings is 1. The van der Waals surface area contributed by atoms with Crippen molar-refractivity contribution in [3.8, 4) is 5.75 Å². The number of aliphatic imine (C=N–C) groups is 1. The number of benzene rings is 1. The van der Waals surface area contributed by atoms with Crippen LogP contribution in [0.15, 0.2) is 46.8 Å². The molecule has 0 bridgehead atoms. The quantitative estimate of drug-likeness (QED) is 0.280. The number of rotatable bonds is 6. The molecule has 2 aromatic heterocycles. The number of aryl methyl sites for hydroxylation is 1. The van der Waals surface area contributed by atoms with Gasteiger partial charge in [0.1, 0.15) is 18.1 Å². The molecule has 172 valence electrons. The van der Waals surface area contributed by atoms with E-state index in [1.807, 2.05) is 30.7 Å². The van der Waals surface area contributed by atoms with Gasteiger partial charge in [0.05, 0.1) is 19.3 Å². The van der Waals surface area contributed by atoms with Gasteiger partial charge >= 0.3 is 0 Å². The summed E-state index contributed by atoms with van der Waals surface area (Å²) in [7, 11) is 3.70. The van der Waals surface area contributed by atoms with Crippen LogP contribution in [0.4, 0.5) is 5.69 Å². The number of ether oxygens (including phenoxy) is 1. The average Bonchev–Trinajstić information content (AvgIpc) is 3.44. The summed E-state index contributed by atoms with van der Waals surface area (Å²) in [5, 5.41) is 14.0. The lowest BCUT2D eigenvalue weighted by Crippen LogP contribution is -2.52. The van der Waals surface area contributed by atoms with Crippen LogP contribution in [0, 0.1) is 6.92 Å². The van der Waals surface area contributed by atoms with Crippen molar-refractivity contribution < 1.29 is 4.74 Å². The number of nitrogens with one attached hydrogen (secondary N) is 1. The molecule has 0 saturated carbocycles. The molecule has 32 heavy (non-hydrogen) atoms. The lowest BCUT2D eigenvalue weighted by Gasteiger charge is -2.38. The number of hydrogen-bond donors (Lipinski definition) is 1. The van der Waals surface area contributed by atoms with Crippen LogP contribution >= 0.6 is 35.3 Å². The van der Waals surface area contributed by atoms with E-state index in [4.69, 9.17) is 9.73 Å². The molecular weight excluding hydrogens is 537 g/mol. The van der Waals surface area contributed by atoms with Gasteiger partial charge in [-0.2, -0.15) is 0 Å². The zero-order chi connectivity index (χ0) is 21.6. The highest BCUT2D eigenvalue weighted by Gasteiger charge is 2.22. The first-order valence-electron chi connectivity index (χ1n) is 10.4. The van der Waals surface area contributed by atoms with E-state index in [2.05, 4.69) is 55.0 Å². The van der Waals surface area contributed by atoms with Gasteiger partial charge in [-0.3, -0.25) is 0 Å². The monoisotopic (exact) mass is 567 g/mol. The van der Waals surface area contributed by atoms with Gasteiger partial charge in [0, 0.05) is 38.1 Å². The Balaban J connectivity index is 0.00000289. The standard InChI is InChI=1S/C22H29N7OS.HI/c1-17-25-26-21(27(17)2)16-24-22(23-15-18-7-6-14-31-18)29-12-10-28(11-13-29)19-8-4-5-9-20(19)30-3;/h4-9,14H,10-13,15-16H2,1-3H3,(H,23,24);1H. The van der Waals surface area contributed by atoms with E-state index in [9.17, 15) is 0 Å². The highest BCUT2D eigenvalue weighted by Crippen LogP contribution is 2.28. The molecule has 1 saturated heterocycles. The van der Waals surface area contributed by atoms with E-state index >= 15 is 0 Å². The molecule has 3 heterocycles. The zero-order valence-electron chi connectivity index (χ0n) is 18.7. The van der Waals surface area contributed by atoms with Crippen LogP contribution in [0.3, 0.4) is 0 Å². The number of para-hydroxylation sites is 2. The summed E-state index contributed by atoms with van der Waals surface area (Å²) >= 11 is 1.75. The number of anilines is 1. The van der Waals surface area contributed by atoms with Gasteiger partial charge in [-0.15, -0.1) is 45.5 Å². The number of hydrogen-bond acceptors (Lipinski definition) is 6. The van der Waals surface area contributed by atoms with Crippen molar-refractivity contribution >= 4 is 47.0 Å². The van der Waals surface area contributed by atoms with E-state index in [0.717, 1.165) is 61.8 Å². The van der Waals surface area contributed by atoms with Crippen LogP contribution in [-0.4, -0.2) is 58.9 Å². The fourth-order valence-electron chi connectivity index (χ4n) is 3.63. The molecule has 0 radical (unpaired) electrons. The molecule has 0 atom stereocenters. The van der Waals surface area contributed by atoms with E-state index in [-0.39, 0.29) is 24.0 Å². The van der Waals surface area contributed by atoms with Crippen LogP contribution in [0.25, 0.3) is 0 Å². The van der Waals surface area contributed by atoms with Gasteiger partial charge in [0.15, 0.2) is 11.8 Å². The average molecular weight is 568 g/mol. The molecule has 4 rings (SSSR count). The van der Waals surface area contributed by atoms with Gasteiger partial charge in [-0.05, 0) is 30.5 Å². The summed E-state index contributed by atoms with van der Waals surface area (Å²) in [5.41, 5.74) is 1.14. The molecule has 1 aliphatic heterocycles. The first kappa shape index (κ1) is 24.3. The summed E-state index contributed by atoms with van der Waals surface area (Å²) in [6.07, 6.45) is 0. The minimum Gasteiger partial charge on any atom is -0.495 e. The maximum absolute atomic E-state index is 5.55. The van der Waals surface area contributed by atoms with Crippen molar-refractivity contribution in [1.29, 1.82) is 0 Å². The second-order valence-corrected chi connectivity index (χ2v) is 8.47. The Morgan fingerprint density at radius 3 is 2.56 bits per heavy atom. The van der Waals surface area contributed by atoms with Crippen LogP contribution in [-0.2, 0) is 20.1 Å². The first-order chi connectivity index (χ1) is 15.2. The number of nitrogens with zero attached hydrogens (tertiary/aromatic N) is 6. The van der Waals surface area contributed by atoms with E-state index in [1.165, 1.54) is 4.88 Å². The third kappa shape index (κ3) is 5.71. The van der Waals surface area contributed by atoms with Gasteiger partial charge in [0.25, 0.3) is 0 Å². The Bertz CT molecular complexity index is 1010. The normalized spacial score (nSPS) is 14.3. The predicted molar refractivity (Wildman–Crippen MR) is 140 cm³/mol. The topological polar surface area (TPSA) is 70.8 Å². The molecule has 10 heteroatoms. The fourth-order valence-corrected chi connectivity index (χ4v) is 4.28. The lowest BCUT2D eigenvalue weighted by molar-refractivity contribution is 0.366. The van der Waals surface area contributed by atoms with Gasteiger partial charge in [0.2, 0.25) is 0 Å². The van der Waals surface area contributed by atoms with Gasteiger partial charge in [-0.1, -0.05) is 18.2 Å². The zero-order valence-corrected chi connectivity index (χ0v) is 21.8. The van der Waals surface area contributed by atoms with Gasteiger partial charge in [-0.25, -0.2) is 4.99 Å². The third-order valence-corrected chi connectivity index (χ3v) is 6.44. The number of halogens is 1. The summed E-state index contributed by atoms with van der Waals surface area (Å²) < 4.78 is 7.53. The highest BCUT2D eigenvalue weighted by molar-refractivity contribution is 14.0. The van der Waals surface area contributed by atoms with E-state index < -0.39 is 0 Å². The summed E-state index contributed by atoms with van der Waals surface area (Å²) in [6, 6.07) is 12.4. The van der Waals surface area contributed by atoms with Crippen molar-refractivity contribution in [3.63, 3.8) is 0 Å². The number of piperazine rings is 1. The Morgan fingerprint density at radius 2 is 1.91 bits per heavy atom. The maximum atomic E-state index is 5.55. The highest BCUT2D eigenvalue weighted by atomic mass is 127. The summed E-state index contributed by atoms with van der Waals surface area (Å²) in [6.45, 7) is 6.79. The number of methoxy groups -OCH3 is 1. The molecule has 1 aromatic carbocycles. The Kier molecular flexibility index (Phi) is 8.74.